The second-order valence-corrected chi connectivity index (χ2v) is 6.78. The van der Waals surface area contributed by atoms with Gasteiger partial charge in [0.05, 0.1) is 19.4 Å². The third-order valence-electron chi connectivity index (χ3n) is 2.95. The van der Waals surface area contributed by atoms with Crippen LogP contribution in [0.2, 0.25) is 0 Å². The molecule has 3 rings (SSSR count). The lowest BCUT2D eigenvalue weighted by atomic mass is 10.1. The predicted molar refractivity (Wildman–Crippen MR) is 87.1 cm³/mol. The summed E-state index contributed by atoms with van der Waals surface area (Å²) in [6.45, 7) is 0.532. The molecule has 0 spiro atoms. The minimum atomic E-state index is 0.0469. The number of rotatable bonds is 7. The van der Waals surface area contributed by atoms with Crippen LogP contribution in [-0.2, 0) is 6.54 Å². The van der Waals surface area contributed by atoms with E-state index in [9.17, 15) is 4.79 Å². The molecule has 1 aromatic carbocycles. The maximum Gasteiger partial charge on any atom is 0.174 e. The van der Waals surface area contributed by atoms with Gasteiger partial charge in [-0.15, -0.1) is 10.2 Å². The predicted octanol–water partition coefficient (Wildman–Crippen LogP) is 2.16. The van der Waals surface area contributed by atoms with Crippen molar-refractivity contribution in [3.63, 3.8) is 0 Å². The van der Waals surface area contributed by atoms with E-state index in [0.29, 0.717) is 17.9 Å². The molecule has 0 bridgehead atoms. The van der Waals surface area contributed by atoms with Crippen molar-refractivity contribution < 1.29 is 9.53 Å². The lowest BCUT2D eigenvalue weighted by molar-refractivity contribution is 0.102. The van der Waals surface area contributed by atoms with Crippen LogP contribution >= 0.6 is 23.1 Å². The molecule has 0 atom stereocenters. The number of hydrogen-bond donors (Lipinski definition) is 0. The summed E-state index contributed by atoms with van der Waals surface area (Å²) >= 11 is 2.84. The number of carbonyl (C=O) groups is 1. The Kier molecular flexibility index (Phi) is 4.99. The fourth-order valence-corrected chi connectivity index (χ4v) is 3.58. The van der Waals surface area contributed by atoms with Gasteiger partial charge in [0.15, 0.2) is 10.1 Å². The quantitative estimate of drug-likeness (QED) is 0.478. The number of nitrogens with zero attached hydrogens (tertiary/aromatic N) is 5. The summed E-state index contributed by atoms with van der Waals surface area (Å²) in [6, 6.07) is 7.08. The first-order valence-corrected chi connectivity index (χ1v) is 8.49. The van der Waals surface area contributed by atoms with Gasteiger partial charge in [0, 0.05) is 5.56 Å². The van der Waals surface area contributed by atoms with Gasteiger partial charge in [-0.1, -0.05) is 23.1 Å². The van der Waals surface area contributed by atoms with Crippen molar-refractivity contribution in [1.82, 2.24) is 25.0 Å². The Morgan fingerprint density at radius 2 is 2.13 bits per heavy atom. The van der Waals surface area contributed by atoms with Crippen molar-refractivity contribution in [3.05, 3.63) is 47.5 Å². The SMILES string of the molecule is COc1ccc(C(=O)CSc2nnc(Cn3cncn3)s2)cc1. The third kappa shape index (κ3) is 4.14. The highest BCUT2D eigenvalue weighted by atomic mass is 32.2. The number of aromatic nitrogens is 5. The molecule has 0 aliphatic heterocycles. The van der Waals surface area contributed by atoms with Gasteiger partial charge >= 0.3 is 0 Å². The Balaban J connectivity index is 1.55. The van der Waals surface area contributed by atoms with E-state index < -0.39 is 0 Å². The summed E-state index contributed by atoms with van der Waals surface area (Å²) < 4.78 is 7.52. The number of benzene rings is 1. The number of Topliss-reactive ketones (excluding diaryl/α,β-unsaturated/α-hetero) is 1. The van der Waals surface area contributed by atoms with Crippen LogP contribution in [0.5, 0.6) is 5.75 Å². The van der Waals surface area contributed by atoms with Crippen LogP contribution in [0.15, 0.2) is 41.3 Å². The summed E-state index contributed by atoms with van der Waals surface area (Å²) in [4.78, 5) is 16.0. The van der Waals surface area contributed by atoms with E-state index >= 15 is 0 Å². The number of carbonyl (C=O) groups excluding carboxylic acids is 1. The van der Waals surface area contributed by atoms with Crippen molar-refractivity contribution >= 4 is 28.9 Å². The molecule has 0 amide bonds. The zero-order valence-corrected chi connectivity index (χ0v) is 13.9. The molecule has 0 saturated heterocycles. The number of thioether (sulfide) groups is 1. The average molecular weight is 347 g/mol. The van der Waals surface area contributed by atoms with E-state index in [0.717, 1.165) is 15.1 Å². The molecule has 2 heterocycles. The molecule has 9 heteroatoms. The highest BCUT2D eigenvalue weighted by molar-refractivity contribution is 8.01. The Labute approximate surface area is 140 Å². The molecule has 7 nitrogen and oxygen atoms in total. The van der Waals surface area contributed by atoms with Crippen molar-refractivity contribution in [2.75, 3.05) is 12.9 Å². The normalized spacial score (nSPS) is 10.7. The Morgan fingerprint density at radius 1 is 1.30 bits per heavy atom. The first-order chi connectivity index (χ1) is 11.2. The summed E-state index contributed by atoms with van der Waals surface area (Å²) in [6.07, 6.45) is 3.10. The van der Waals surface area contributed by atoms with Gasteiger partial charge < -0.3 is 4.74 Å². The van der Waals surface area contributed by atoms with E-state index in [1.807, 2.05) is 0 Å². The molecule has 0 unspecified atom stereocenters. The molecule has 0 fully saturated rings. The van der Waals surface area contributed by atoms with Crippen molar-refractivity contribution in [3.8, 4) is 5.75 Å². The largest absolute Gasteiger partial charge is 0.497 e. The highest BCUT2D eigenvalue weighted by Gasteiger charge is 2.10. The van der Waals surface area contributed by atoms with Gasteiger partial charge in [0.2, 0.25) is 0 Å². The molecule has 3 aromatic rings. The van der Waals surface area contributed by atoms with Crippen molar-refractivity contribution in [2.45, 2.75) is 10.9 Å². The minimum absolute atomic E-state index is 0.0469. The topological polar surface area (TPSA) is 82.8 Å². The number of ether oxygens (including phenoxy) is 1. The zero-order valence-electron chi connectivity index (χ0n) is 12.2. The first kappa shape index (κ1) is 15.6. The fourth-order valence-electron chi connectivity index (χ4n) is 1.80. The second kappa shape index (κ2) is 7.34. The number of hydrogen-bond acceptors (Lipinski definition) is 8. The maximum absolute atomic E-state index is 12.2. The van der Waals surface area contributed by atoms with Crippen LogP contribution in [0.1, 0.15) is 15.4 Å². The smallest absolute Gasteiger partial charge is 0.174 e. The van der Waals surface area contributed by atoms with Gasteiger partial charge in [-0.2, -0.15) is 5.10 Å². The van der Waals surface area contributed by atoms with E-state index in [-0.39, 0.29) is 5.78 Å². The first-order valence-electron chi connectivity index (χ1n) is 6.69. The summed E-state index contributed by atoms with van der Waals surface area (Å²) in [5.41, 5.74) is 0.658. The summed E-state index contributed by atoms with van der Waals surface area (Å²) in [7, 11) is 1.60. The van der Waals surface area contributed by atoms with E-state index in [4.69, 9.17) is 4.74 Å². The van der Waals surface area contributed by atoms with Gasteiger partial charge in [-0.25, -0.2) is 9.67 Å². The molecule has 0 N–H and O–H groups in total. The molecule has 0 aliphatic rings. The van der Waals surface area contributed by atoms with E-state index in [1.165, 1.54) is 29.4 Å². The average Bonchev–Trinajstić information content (AvgIpc) is 3.25. The molecule has 23 heavy (non-hydrogen) atoms. The number of ketones is 1. The van der Waals surface area contributed by atoms with Crippen molar-refractivity contribution in [2.24, 2.45) is 0 Å². The van der Waals surface area contributed by atoms with Crippen LogP contribution in [0, 0.1) is 0 Å². The molecule has 0 radical (unpaired) electrons. The Hall–Kier alpha value is -2.26. The lowest BCUT2D eigenvalue weighted by Gasteiger charge is -2.01. The van der Waals surface area contributed by atoms with Crippen LogP contribution < -0.4 is 4.74 Å². The molecule has 0 saturated carbocycles. The lowest BCUT2D eigenvalue weighted by Crippen LogP contribution is -2.02. The van der Waals surface area contributed by atoms with Gasteiger partial charge in [-0.3, -0.25) is 4.79 Å². The minimum Gasteiger partial charge on any atom is -0.497 e. The van der Waals surface area contributed by atoms with Crippen LogP contribution in [-0.4, -0.2) is 43.6 Å². The summed E-state index contributed by atoms with van der Waals surface area (Å²) in [5.74, 6) is 1.10. The molecular formula is C14H13N5O2S2. The van der Waals surface area contributed by atoms with E-state index in [1.54, 1.807) is 42.4 Å². The second-order valence-electron chi connectivity index (χ2n) is 4.50. The van der Waals surface area contributed by atoms with Gasteiger partial charge in [0.1, 0.15) is 23.4 Å². The monoisotopic (exact) mass is 347 g/mol. The standard InChI is InChI=1S/C14H13N5O2S2/c1-21-11-4-2-10(3-5-11)12(20)7-22-14-18-17-13(23-14)6-19-9-15-8-16-19/h2-5,8-9H,6-7H2,1H3. The molecule has 2 aromatic heterocycles. The van der Waals surface area contributed by atoms with Crippen LogP contribution in [0.25, 0.3) is 0 Å². The highest BCUT2D eigenvalue weighted by Crippen LogP contribution is 2.24. The van der Waals surface area contributed by atoms with Crippen molar-refractivity contribution in [1.29, 1.82) is 0 Å². The van der Waals surface area contributed by atoms with E-state index in [2.05, 4.69) is 20.3 Å². The Bertz CT molecular complexity index is 771. The van der Waals surface area contributed by atoms with Gasteiger partial charge in [0.25, 0.3) is 0 Å². The maximum atomic E-state index is 12.2. The Morgan fingerprint density at radius 3 is 2.83 bits per heavy atom. The van der Waals surface area contributed by atoms with Crippen LogP contribution in [0.4, 0.5) is 0 Å². The summed E-state index contributed by atoms with van der Waals surface area (Å²) in [5, 5.41) is 13.0. The zero-order chi connectivity index (χ0) is 16.1. The molecular weight excluding hydrogens is 334 g/mol. The van der Waals surface area contributed by atoms with Gasteiger partial charge in [-0.05, 0) is 24.3 Å². The third-order valence-corrected chi connectivity index (χ3v) is 4.99. The number of methoxy groups -OCH3 is 1. The molecule has 118 valence electrons. The molecule has 0 aliphatic carbocycles. The van der Waals surface area contributed by atoms with Crippen LogP contribution in [0.3, 0.4) is 0 Å². The fraction of sp³-hybridized carbons (Fsp3) is 0.214.